The molecule has 0 saturated heterocycles. The zero-order valence-corrected chi connectivity index (χ0v) is 12.3. The molecule has 0 heterocycles. The minimum atomic E-state index is -4.12. The molecular formula is C13H25F3N4. The molecule has 1 rings (SSSR count). The van der Waals surface area contributed by atoms with Gasteiger partial charge in [-0.05, 0) is 45.7 Å². The molecule has 1 fully saturated rings. The van der Waals surface area contributed by atoms with Crippen LogP contribution in [-0.4, -0.2) is 56.8 Å². The van der Waals surface area contributed by atoms with Crippen molar-refractivity contribution in [2.75, 3.05) is 39.8 Å². The molecule has 1 aliphatic carbocycles. The number of nitrogens with zero attached hydrogens (tertiary/aromatic N) is 2. The van der Waals surface area contributed by atoms with Crippen molar-refractivity contribution in [2.24, 2.45) is 10.9 Å². The Bertz CT molecular complexity index is 300. The van der Waals surface area contributed by atoms with E-state index in [4.69, 9.17) is 0 Å². The maximum atomic E-state index is 12.1. The molecule has 118 valence electrons. The van der Waals surface area contributed by atoms with Gasteiger partial charge in [-0.3, -0.25) is 9.89 Å². The highest BCUT2D eigenvalue weighted by atomic mass is 19.4. The van der Waals surface area contributed by atoms with Crippen LogP contribution in [0.4, 0.5) is 13.2 Å². The molecule has 0 spiro atoms. The van der Waals surface area contributed by atoms with Gasteiger partial charge in [-0.25, -0.2) is 0 Å². The third kappa shape index (κ3) is 9.01. The average molecular weight is 294 g/mol. The van der Waals surface area contributed by atoms with Gasteiger partial charge < -0.3 is 10.6 Å². The summed E-state index contributed by atoms with van der Waals surface area (Å²) >= 11 is 0. The Balaban J connectivity index is 2.14. The van der Waals surface area contributed by atoms with Gasteiger partial charge in [0.2, 0.25) is 0 Å². The van der Waals surface area contributed by atoms with Crippen molar-refractivity contribution in [3.63, 3.8) is 0 Å². The van der Waals surface area contributed by atoms with Crippen LogP contribution in [0.25, 0.3) is 0 Å². The first kappa shape index (κ1) is 17.1. The largest absolute Gasteiger partial charge is 0.401 e. The van der Waals surface area contributed by atoms with Gasteiger partial charge in [0.15, 0.2) is 5.96 Å². The third-order valence-corrected chi connectivity index (χ3v) is 3.01. The lowest BCUT2D eigenvalue weighted by Crippen LogP contribution is -2.39. The fourth-order valence-corrected chi connectivity index (χ4v) is 1.80. The van der Waals surface area contributed by atoms with E-state index in [2.05, 4.69) is 15.6 Å². The fourth-order valence-electron chi connectivity index (χ4n) is 1.80. The van der Waals surface area contributed by atoms with E-state index in [1.54, 1.807) is 0 Å². The first-order chi connectivity index (χ1) is 9.40. The summed E-state index contributed by atoms with van der Waals surface area (Å²) in [4.78, 5) is 5.74. The highest BCUT2D eigenvalue weighted by Gasteiger charge is 2.28. The third-order valence-electron chi connectivity index (χ3n) is 3.01. The number of halogens is 3. The van der Waals surface area contributed by atoms with Gasteiger partial charge in [0, 0.05) is 19.6 Å². The number of hydrogen-bond donors (Lipinski definition) is 2. The summed E-state index contributed by atoms with van der Waals surface area (Å²) in [7, 11) is 1.49. The van der Waals surface area contributed by atoms with Gasteiger partial charge >= 0.3 is 6.18 Å². The van der Waals surface area contributed by atoms with Crippen LogP contribution in [0.5, 0.6) is 0 Å². The molecule has 2 N–H and O–H groups in total. The van der Waals surface area contributed by atoms with E-state index in [1.165, 1.54) is 24.8 Å². The van der Waals surface area contributed by atoms with Crippen LogP contribution in [0, 0.1) is 5.92 Å². The lowest BCUT2D eigenvalue weighted by atomic mass is 10.4. The van der Waals surface area contributed by atoms with Crippen LogP contribution in [0.2, 0.25) is 0 Å². The standard InChI is InChI=1S/C13H25F3N4/c1-3-17-12(19-9-11-5-6-11)18-7-4-8-20(2)10-13(14,15)16/h11H,3-10H2,1-2H3,(H2,17,18,19). The van der Waals surface area contributed by atoms with E-state index in [-0.39, 0.29) is 0 Å². The van der Waals surface area contributed by atoms with Gasteiger partial charge in [0.25, 0.3) is 0 Å². The summed E-state index contributed by atoms with van der Waals surface area (Å²) in [6, 6.07) is 0. The lowest BCUT2D eigenvalue weighted by Gasteiger charge is -2.18. The van der Waals surface area contributed by atoms with Crippen LogP contribution in [0.15, 0.2) is 4.99 Å². The minimum absolute atomic E-state index is 0.411. The second-order valence-corrected chi connectivity index (χ2v) is 5.30. The molecule has 0 aliphatic heterocycles. The summed E-state index contributed by atoms with van der Waals surface area (Å²) in [5, 5.41) is 6.29. The Hall–Kier alpha value is -0.980. The summed E-state index contributed by atoms with van der Waals surface area (Å²) < 4.78 is 36.4. The van der Waals surface area contributed by atoms with Crippen molar-refractivity contribution in [3.05, 3.63) is 0 Å². The Labute approximate surface area is 118 Å². The topological polar surface area (TPSA) is 39.7 Å². The quantitative estimate of drug-likeness (QED) is 0.408. The van der Waals surface area contributed by atoms with Gasteiger partial charge in [-0.2, -0.15) is 13.2 Å². The first-order valence-corrected chi connectivity index (χ1v) is 7.18. The monoisotopic (exact) mass is 294 g/mol. The van der Waals surface area contributed by atoms with Crippen LogP contribution < -0.4 is 10.6 Å². The average Bonchev–Trinajstić information content (AvgIpc) is 3.13. The predicted octanol–water partition coefficient (Wildman–Crippen LogP) is 1.84. The smallest absolute Gasteiger partial charge is 0.357 e. The molecule has 1 saturated carbocycles. The Kier molecular flexibility index (Phi) is 7.12. The molecule has 0 bridgehead atoms. The Morgan fingerprint density at radius 3 is 2.55 bits per heavy atom. The molecule has 7 heteroatoms. The summed E-state index contributed by atoms with van der Waals surface area (Å²) in [5.74, 6) is 1.49. The van der Waals surface area contributed by atoms with Gasteiger partial charge in [-0.1, -0.05) is 0 Å². The SMILES string of the molecule is CCNC(=NCC1CC1)NCCCN(C)CC(F)(F)F. The van der Waals surface area contributed by atoms with Crippen molar-refractivity contribution < 1.29 is 13.2 Å². The molecule has 20 heavy (non-hydrogen) atoms. The predicted molar refractivity (Wildman–Crippen MR) is 74.9 cm³/mol. The molecule has 0 atom stereocenters. The minimum Gasteiger partial charge on any atom is -0.357 e. The van der Waals surface area contributed by atoms with Crippen LogP contribution >= 0.6 is 0 Å². The highest BCUT2D eigenvalue weighted by molar-refractivity contribution is 5.79. The molecule has 0 amide bonds. The zero-order valence-electron chi connectivity index (χ0n) is 12.3. The van der Waals surface area contributed by atoms with Crippen molar-refractivity contribution >= 4 is 5.96 Å². The van der Waals surface area contributed by atoms with Crippen molar-refractivity contribution in [1.82, 2.24) is 15.5 Å². The highest BCUT2D eigenvalue weighted by Crippen LogP contribution is 2.28. The number of aliphatic imine (C=N–C) groups is 1. The molecule has 0 unspecified atom stereocenters. The van der Waals surface area contributed by atoms with Gasteiger partial charge in [-0.15, -0.1) is 0 Å². The molecular weight excluding hydrogens is 269 g/mol. The van der Waals surface area contributed by atoms with Crippen molar-refractivity contribution in [1.29, 1.82) is 0 Å². The Morgan fingerprint density at radius 2 is 2.00 bits per heavy atom. The van der Waals surface area contributed by atoms with Gasteiger partial charge in [0.05, 0.1) is 6.54 Å². The number of nitrogens with one attached hydrogen (secondary N) is 2. The normalized spacial score (nSPS) is 16.6. The van der Waals surface area contributed by atoms with E-state index in [1.807, 2.05) is 6.92 Å². The maximum Gasteiger partial charge on any atom is 0.401 e. The molecule has 0 aromatic heterocycles. The summed E-state index contributed by atoms with van der Waals surface area (Å²) in [6.45, 7) is 3.79. The summed E-state index contributed by atoms with van der Waals surface area (Å²) in [6.07, 6.45) is -0.959. The zero-order chi connectivity index (χ0) is 15.0. The van der Waals surface area contributed by atoms with Crippen LogP contribution in [-0.2, 0) is 0 Å². The van der Waals surface area contributed by atoms with E-state index >= 15 is 0 Å². The summed E-state index contributed by atoms with van der Waals surface area (Å²) in [5.41, 5.74) is 0. The number of alkyl halides is 3. The van der Waals surface area contributed by atoms with E-state index in [0.29, 0.717) is 19.5 Å². The Morgan fingerprint density at radius 1 is 1.30 bits per heavy atom. The van der Waals surface area contributed by atoms with Crippen molar-refractivity contribution in [2.45, 2.75) is 32.4 Å². The lowest BCUT2D eigenvalue weighted by molar-refractivity contribution is -0.143. The molecule has 0 aromatic carbocycles. The molecule has 1 aliphatic rings. The second-order valence-electron chi connectivity index (χ2n) is 5.30. The molecule has 0 aromatic rings. The maximum absolute atomic E-state index is 12.1. The van der Waals surface area contributed by atoms with Crippen molar-refractivity contribution in [3.8, 4) is 0 Å². The van der Waals surface area contributed by atoms with Crippen LogP contribution in [0.3, 0.4) is 0 Å². The number of rotatable bonds is 8. The van der Waals surface area contributed by atoms with Crippen LogP contribution in [0.1, 0.15) is 26.2 Å². The first-order valence-electron chi connectivity index (χ1n) is 7.18. The number of guanidine groups is 1. The number of hydrogen-bond acceptors (Lipinski definition) is 2. The van der Waals surface area contributed by atoms with E-state index < -0.39 is 12.7 Å². The molecule has 0 radical (unpaired) electrons. The fraction of sp³-hybridized carbons (Fsp3) is 0.923. The second kappa shape index (κ2) is 8.34. The van der Waals surface area contributed by atoms with Gasteiger partial charge in [0.1, 0.15) is 0 Å². The molecule has 4 nitrogen and oxygen atoms in total. The van der Waals surface area contributed by atoms with E-state index in [0.717, 1.165) is 25.0 Å². The van der Waals surface area contributed by atoms with E-state index in [9.17, 15) is 13.2 Å².